The highest BCUT2D eigenvalue weighted by molar-refractivity contribution is 14.0. The minimum atomic E-state index is 0. The average Bonchev–Trinajstić information content (AvgIpc) is 3.17. The van der Waals surface area contributed by atoms with Gasteiger partial charge in [0.1, 0.15) is 0 Å². The highest BCUT2D eigenvalue weighted by Crippen LogP contribution is 2.26. The van der Waals surface area contributed by atoms with Crippen molar-refractivity contribution in [3.63, 3.8) is 0 Å². The van der Waals surface area contributed by atoms with Crippen molar-refractivity contribution in [2.75, 3.05) is 52.5 Å². The molecule has 2 aliphatic rings. The number of rotatable bonds is 5. The van der Waals surface area contributed by atoms with Crippen LogP contribution in [0.2, 0.25) is 0 Å². The number of ether oxygens (including phenoxy) is 1. The molecular formula is C19H33IN4OS. The Labute approximate surface area is 179 Å². The van der Waals surface area contributed by atoms with Crippen LogP contribution < -0.4 is 5.32 Å². The van der Waals surface area contributed by atoms with Gasteiger partial charge in [0.25, 0.3) is 0 Å². The van der Waals surface area contributed by atoms with E-state index in [9.17, 15) is 0 Å². The summed E-state index contributed by atoms with van der Waals surface area (Å²) in [5.74, 6) is 1.93. The Hall–Kier alpha value is -0.380. The SMILES string of the molecule is CCNC(=NCC(c1cccs1)N1CCOCC1)N1CCC(C)CC1.I. The van der Waals surface area contributed by atoms with Gasteiger partial charge in [0.05, 0.1) is 25.8 Å². The summed E-state index contributed by atoms with van der Waals surface area (Å²) in [6.45, 7) is 12.1. The highest BCUT2D eigenvalue weighted by Gasteiger charge is 2.24. The molecule has 1 aromatic heterocycles. The smallest absolute Gasteiger partial charge is 0.193 e. The maximum absolute atomic E-state index is 5.54. The number of morpholine rings is 1. The molecule has 0 aliphatic carbocycles. The first-order valence-electron chi connectivity index (χ1n) is 9.66. The average molecular weight is 492 g/mol. The van der Waals surface area contributed by atoms with E-state index in [4.69, 9.17) is 9.73 Å². The molecule has 2 fully saturated rings. The molecule has 1 N–H and O–H groups in total. The van der Waals surface area contributed by atoms with Gasteiger partial charge in [-0.3, -0.25) is 9.89 Å². The summed E-state index contributed by atoms with van der Waals surface area (Å²) in [4.78, 5) is 11.4. The van der Waals surface area contributed by atoms with Gasteiger partial charge in [0.2, 0.25) is 0 Å². The van der Waals surface area contributed by atoms with Crippen molar-refractivity contribution in [3.8, 4) is 0 Å². The first-order chi connectivity index (χ1) is 12.3. The van der Waals surface area contributed by atoms with Gasteiger partial charge in [-0.25, -0.2) is 0 Å². The lowest BCUT2D eigenvalue weighted by Crippen LogP contribution is -2.46. The molecule has 5 nitrogen and oxygen atoms in total. The van der Waals surface area contributed by atoms with E-state index in [1.165, 1.54) is 17.7 Å². The fourth-order valence-corrected chi connectivity index (χ4v) is 4.43. The number of hydrogen-bond donors (Lipinski definition) is 1. The predicted molar refractivity (Wildman–Crippen MR) is 121 cm³/mol. The van der Waals surface area contributed by atoms with Crippen molar-refractivity contribution in [1.29, 1.82) is 0 Å². The minimum absolute atomic E-state index is 0. The quantitative estimate of drug-likeness (QED) is 0.389. The summed E-state index contributed by atoms with van der Waals surface area (Å²) in [6.07, 6.45) is 2.53. The molecule has 3 rings (SSSR count). The Morgan fingerprint density at radius 1 is 1.31 bits per heavy atom. The first-order valence-corrected chi connectivity index (χ1v) is 10.5. The van der Waals surface area contributed by atoms with Crippen molar-refractivity contribution in [2.24, 2.45) is 10.9 Å². The van der Waals surface area contributed by atoms with Crippen LogP contribution in [0.3, 0.4) is 0 Å². The molecule has 0 amide bonds. The first kappa shape index (κ1) is 21.9. The molecule has 1 atom stereocenters. The topological polar surface area (TPSA) is 40.1 Å². The maximum atomic E-state index is 5.54. The van der Waals surface area contributed by atoms with Crippen LogP contribution in [0.25, 0.3) is 0 Å². The molecule has 26 heavy (non-hydrogen) atoms. The molecular weight excluding hydrogens is 459 g/mol. The highest BCUT2D eigenvalue weighted by atomic mass is 127. The molecule has 0 radical (unpaired) electrons. The van der Waals surface area contributed by atoms with Crippen LogP contribution in [0.15, 0.2) is 22.5 Å². The van der Waals surface area contributed by atoms with Crippen molar-refractivity contribution in [2.45, 2.75) is 32.7 Å². The van der Waals surface area contributed by atoms with Gasteiger partial charge in [-0.1, -0.05) is 13.0 Å². The van der Waals surface area contributed by atoms with Crippen molar-refractivity contribution in [3.05, 3.63) is 22.4 Å². The molecule has 1 unspecified atom stereocenters. The lowest BCUT2D eigenvalue weighted by atomic mass is 9.99. The van der Waals surface area contributed by atoms with Crippen LogP contribution in [0.4, 0.5) is 0 Å². The fraction of sp³-hybridized carbons (Fsp3) is 0.737. The molecule has 1 aromatic rings. The summed E-state index contributed by atoms with van der Waals surface area (Å²) >= 11 is 1.84. The van der Waals surface area contributed by atoms with E-state index in [0.717, 1.165) is 64.4 Å². The molecule has 3 heterocycles. The Kier molecular flexibility index (Phi) is 9.66. The normalized spacial score (nSPS) is 21.3. The number of nitrogens with zero attached hydrogens (tertiary/aromatic N) is 3. The Morgan fingerprint density at radius 3 is 2.65 bits per heavy atom. The number of nitrogens with one attached hydrogen (secondary N) is 1. The van der Waals surface area contributed by atoms with Gasteiger partial charge >= 0.3 is 0 Å². The van der Waals surface area contributed by atoms with Gasteiger partial charge in [0.15, 0.2) is 5.96 Å². The monoisotopic (exact) mass is 492 g/mol. The number of likely N-dealkylation sites (tertiary alicyclic amines) is 1. The summed E-state index contributed by atoms with van der Waals surface area (Å²) in [5, 5.41) is 5.68. The number of aliphatic imine (C=N–C) groups is 1. The van der Waals surface area contributed by atoms with Crippen LogP contribution >= 0.6 is 35.3 Å². The van der Waals surface area contributed by atoms with Crippen LogP contribution in [-0.4, -0.2) is 68.2 Å². The zero-order chi connectivity index (χ0) is 17.5. The number of halogens is 1. The Bertz CT molecular complexity index is 526. The molecule has 0 aromatic carbocycles. The van der Waals surface area contributed by atoms with Gasteiger partial charge in [-0.05, 0) is 37.1 Å². The zero-order valence-electron chi connectivity index (χ0n) is 16.0. The number of hydrogen-bond acceptors (Lipinski definition) is 4. The van der Waals surface area contributed by atoms with E-state index in [0.29, 0.717) is 6.04 Å². The Morgan fingerprint density at radius 2 is 2.04 bits per heavy atom. The third kappa shape index (κ3) is 6.07. The van der Waals surface area contributed by atoms with E-state index in [1.54, 1.807) is 0 Å². The molecule has 0 spiro atoms. The number of thiophene rings is 1. The molecule has 2 aliphatic heterocycles. The van der Waals surface area contributed by atoms with E-state index < -0.39 is 0 Å². The second kappa shape index (κ2) is 11.5. The molecule has 148 valence electrons. The predicted octanol–water partition coefficient (Wildman–Crippen LogP) is 3.44. The second-order valence-electron chi connectivity index (χ2n) is 7.04. The van der Waals surface area contributed by atoms with E-state index in [2.05, 4.69) is 46.5 Å². The van der Waals surface area contributed by atoms with Crippen LogP contribution in [0.5, 0.6) is 0 Å². The van der Waals surface area contributed by atoms with E-state index in [-0.39, 0.29) is 24.0 Å². The Balaban J connectivity index is 0.00000243. The van der Waals surface area contributed by atoms with Crippen molar-refractivity contribution < 1.29 is 4.74 Å². The van der Waals surface area contributed by atoms with E-state index >= 15 is 0 Å². The van der Waals surface area contributed by atoms with Crippen LogP contribution in [0.1, 0.15) is 37.6 Å². The molecule has 0 saturated carbocycles. The lowest BCUT2D eigenvalue weighted by Gasteiger charge is -2.35. The van der Waals surface area contributed by atoms with Gasteiger partial charge < -0.3 is 15.0 Å². The lowest BCUT2D eigenvalue weighted by molar-refractivity contribution is 0.0186. The third-order valence-corrected chi connectivity index (χ3v) is 6.16. The van der Waals surface area contributed by atoms with Gasteiger partial charge in [-0.2, -0.15) is 0 Å². The summed E-state index contributed by atoms with van der Waals surface area (Å²) in [6, 6.07) is 4.76. The van der Waals surface area contributed by atoms with Gasteiger partial charge in [-0.15, -0.1) is 35.3 Å². The second-order valence-corrected chi connectivity index (χ2v) is 8.02. The molecule has 0 bridgehead atoms. The standard InChI is InChI=1S/C19H32N4OS.HI/c1-3-20-19(23-8-6-16(2)7-9-23)21-15-17(18-5-4-14-25-18)22-10-12-24-13-11-22;/h4-5,14,16-17H,3,6-13,15H2,1-2H3,(H,20,21);1H. The van der Waals surface area contributed by atoms with Crippen molar-refractivity contribution >= 4 is 41.3 Å². The minimum Gasteiger partial charge on any atom is -0.379 e. The fourth-order valence-electron chi connectivity index (χ4n) is 3.57. The van der Waals surface area contributed by atoms with Gasteiger partial charge in [0, 0.05) is 37.6 Å². The number of piperidine rings is 1. The maximum Gasteiger partial charge on any atom is 0.193 e. The third-order valence-electron chi connectivity index (χ3n) is 5.19. The van der Waals surface area contributed by atoms with Crippen LogP contribution in [0, 0.1) is 5.92 Å². The van der Waals surface area contributed by atoms with E-state index in [1.807, 2.05) is 11.3 Å². The number of guanidine groups is 1. The van der Waals surface area contributed by atoms with Crippen molar-refractivity contribution in [1.82, 2.24) is 15.1 Å². The molecule has 2 saturated heterocycles. The summed E-state index contributed by atoms with van der Waals surface area (Å²) in [5.41, 5.74) is 0. The van der Waals surface area contributed by atoms with Crippen LogP contribution in [-0.2, 0) is 4.74 Å². The molecule has 7 heteroatoms. The largest absolute Gasteiger partial charge is 0.379 e. The zero-order valence-corrected chi connectivity index (χ0v) is 19.2. The summed E-state index contributed by atoms with van der Waals surface area (Å²) in [7, 11) is 0. The summed E-state index contributed by atoms with van der Waals surface area (Å²) < 4.78 is 5.54.